The summed E-state index contributed by atoms with van der Waals surface area (Å²) in [6, 6.07) is 3.53. The quantitative estimate of drug-likeness (QED) is 0.743. The SMILES string of the molecule is FC(F)(F)C1CCC(Oc2cnc(Cl)c3cccnc23)CC1. The summed E-state index contributed by atoms with van der Waals surface area (Å²) in [7, 11) is 0. The van der Waals surface area contributed by atoms with Gasteiger partial charge in [0.25, 0.3) is 0 Å². The van der Waals surface area contributed by atoms with E-state index in [0.29, 0.717) is 34.6 Å². The van der Waals surface area contributed by atoms with E-state index >= 15 is 0 Å². The highest BCUT2D eigenvalue weighted by Crippen LogP contribution is 2.39. The molecular weight excluding hydrogens is 317 g/mol. The van der Waals surface area contributed by atoms with E-state index in [0.717, 1.165) is 0 Å². The standard InChI is InChI=1S/C15H14ClF3N2O/c16-14-11-2-1-7-20-13(11)12(8-21-14)22-10-5-3-9(4-6-10)15(17,18)19/h1-2,7-10H,3-6H2. The number of aromatic nitrogens is 2. The summed E-state index contributed by atoms with van der Waals surface area (Å²) >= 11 is 6.01. The monoisotopic (exact) mass is 330 g/mol. The molecule has 118 valence electrons. The largest absolute Gasteiger partial charge is 0.487 e. The summed E-state index contributed by atoms with van der Waals surface area (Å²) in [5.41, 5.74) is 0.584. The maximum Gasteiger partial charge on any atom is 0.391 e. The van der Waals surface area contributed by atoms with E-state index < -0.39 is 12.1 Å². The van der Waals surface area contributed by atoms with Gasteiger partial charge in [-0.25, -0.2) is 4.98 Å². The molecule has 1 aliphatic carbocycles. The van der Waals surface area contributed by atoms with Crippen LogP contribution in [0, 0.1) is 5.92 Å². The van der Waals surface area contributed by atoms with Crippen molar-refractivity contribution in [3.63, 3.8) is 0 Å². The molecule has 0 N–H and O–H groups in total. The average molecular weight is 331 g/mol. The van der Waals surface area contributed by atoms with E-state index in [2.05, 4.69) is 9.97 Å². The average Bonchev–Trinajstić information content (AvgIpc) is 2.50. The van der Waals surface area contributed by atoms with E-state index in [1.54, 1.807) is 18.3 Å². The van der Waals surface area contributed by atoms with Crippen molar-refractivity contribution in [1.29, 1.82) is 0 Å². The fourth-order valence-electron chi connectivity index (χ4n) is 2.79. The third-order valence-corrected chi connectivity index (χ3v) is 4.29. The second-order valence-corrected chi connectivity index (χ2v) is 5.80. The van der Waals surface area contributed by atoms with Crippen molar-refractivity contribution in [2.45, 2.75) is 38.0 Å². The van der Waals surface area contributed by atoms with Gasteiger partial charge in [-0.2, -0.15) is 13.2 Å². The number of halogens is 4. The first-order valence-electron chi connectivity index (χ1n) is 7.08. The molecule has 3 rings (SSSR count). The van der Waals surface area contributed by atoms with Gasteiger partial charge in [-0.15, -0.1) is 0 Å². The topological polar surface area (TPSA) is 35.0 Å². The lowest BCUT2D eigenvalue weighted by Gasteiger charge is -2.30. The summed E-state index contributed by atoms with van der Waals surface area (Å²) in [5.74, 6) is -0.749. The fraction of sp³-hybridized carbons (Fsp3) is 0.467. The number of ether oxygens (including phenoxy) is 1. The van der Waals surface area contributed by atoms with Gasteiger partial charge in [0, 0.05) is 11.6 Å². The van der Waals surface area contributed by atoms with Gasteiger partial charge in [-0.05, 0) is 37.8 Å². The van der Waals surface area contributed by atoms with Gasteiger partial charge in [-0.1, -0.05) is 11.6 Å². The summed E-state index contributed by atoms with van der Waals surface area (Å²) in [5, 5.41) is 1.00. The lowest BCUT2D eigenvalue weighted by Crippen LogP contribution is -2.31. The molecule has 2 heterocycles. The van der Waals surface area contributed by atoms with Crippen LogP contribution in [-0.2, 0) is 0 Å². The van der Waals surface area contributed by atoms with Crippen molar-refractivity contribution in [2.75, 3.05) is 0 Å². The lowest BCUT2D eigenvalue weighted by atomic mass is 9.87. The molecule has 7 heteroatoms. The molecule has 0 saturated heterocycles. The van der Waals surface area contributed by atoms with E-state index in [1.807, 2.05) is 0 Å². The van der Waals surface area contributed by atoms with Crippen molar-refractivity contribution in [1.82, 2.24) is 9.97 Å². The maximum absolute atomic E-state index is 12.7. The van der Waals surface area contributed by atoms with E-state index in [9.17, 15) is 13.2 Å². The summed E-state index contributed by atoms with van der Waals surface area (Å²) in [6.07, 6.45) is -0.309. The van der Waals surface area contributed by atoms with E-state index in [-0.39, 0.29) is 18.9 Å². The van der Waals surface area contributed by atoms with Crippen LogP contribution in [0.4, 0.5) is 13.2 Å². The van der Waals surface area contributed by atoms with Gasteiger partial charge in [0.15, 0.2) is 5.75 Å². The predicted molar refractivity (Wildman–Crippen MR) is 77.0 cm³/mol. The Morgan fingerprint density at radius 2 is 1.86 bits per heavy atom. The van der Waals surface area contributed by atoms with Gasteiger partial charge in [0.2, 0.25) is 0 Å². The highest BCUT2D eigenvalue weighted by molar-refractivity contribution is 6.34. The molecule has 2 aromatic heterocycles. The Balaban J connectivity index is 1.74. The maximum atomic E-state index is 12.7. The van der Waals surface area contributed by atoms with Crippen molar-refractivity contribution < 1.29 is 17.9 Å². The first-order chi connectivity index (χ1) is 10.4. The highest BCUT2D eigenvalue weighted by atomic mass is 35.5. The first kappa shape index (κ1) is 15.3. The molecule has 22 heavy (non-hydrogen) atoms. The minimum absolute atomic E-state index is 0.0978. The Kier molecular flexibility index (Phi) is 4.12. The molecule has 0 amide bonds. The van der Waals surface area contributed by atoms with Crippen LogP contribution in [0.2, 0.25) is 5.15 Å². The number of hydrogen-bond acceptors (Lipinski definition) is 3. The van der Waals surface area contributed by atoms with Gasteiger partial charge in [-0.3, -0.25) is 4.98 Å². The van der Waals surface area contributed by atoms with Crippen LogP contribution in [0.25, 0.3) is 10.9 Å². The molecule has 0 spiro atoms. The van der Waals surface area contributed by atoms with E-state index in [4.69, 9.17) is 16.3 Å². The van der Waals surface area contributed by atoms with Crippen LogP contribution in [0.15, 0.2) is 24.5 Å². The Bertz CT molecular complexity index is 669. The van der Waals surface area contributed by atoms with Crippen LogP contribution in [0.1, 0.15) is 25.7 Å². The third kappa shape index (κ3) is 3.11. The van der Waals surface area contributed by atoms with Crippen LogP contribution < -0.4 is 4.74 Å². The van der Waals surface area contributed by atoms with Crippen molar-refractivity contribution >= 4 is 22.5 Å². The van der Waals surface area contributed by atoms with Gasteiger partial charge < -0.3 is 4.74 Å². The first-order valence-corrected chi connectivity index (χ1v) is 7.45. The second-order valence-electron chi connectivity index (χ2n) is 5.45. The number of rotatable bonds is 2. The number of pyridine rings is 2. The Hall–Kier alpha value is -1.56. The fourth-order valence-corrected chi connectivity index (χ4v) is 2.99. The van der Waals surface area contributed by atoms with Crippen molar-refractivity contribution in [3.05, 3.63) is 29.7 Å². The molecule has 1 aliphatic rings. The Labute approximate surface area is 130 Å². The molecule has 0 radical (unpaired) electrons. The zero-order valence-corrected chi connectivity index (χ0v) is 12.4. The molecule has 0 bridgehead atoms. The van der Waals surface area contributed by atoms with Gasteiger partial charge >= 0.3 is 6.18 Å². The van der Waals surface area contributed by atoms with E-state index in [1.165, 1.54) is 6.20 Å². The zero-order valence-electron chi connectivity index (χ0n) is 11.6. The molecule has 0 aromatic carbocycles. The molecule has 1 saturated carbocycles. The third-order valence-electron chi connectivity index (χ3n) is 3.99. The predicted octanol–water partition coefficient (Wildman–Crippen LogP) is 4.78. The molecular formula is C15H14ClF3N2O. The minimum atomic E-state index is -4.11. The summed E-state index contributed by atoms with van der Waals surface area (Å²) in [4.78, 5) is 8.28. The minimum Gasteiger partial charge on any atom is -0.487 e. The van der Waals surface area contributed by atoms with Crippen molar-refractivity contribution in [3.8, 4) is 5.75 Å². The number of nitrogens with zero attached hydrogens (tertiary/aromatic N) is 2. The normalized spacial score (nSPS) is 22.7. The zero-order chi connectivity index (χ0) is 15.7. The van der Waals surface area contributed by atoms with Gasteiger partial charge in [0.1, 0.15) is 10.7 Å². The van der Waals surface area contributed by atoms with Crippen LogP contribution >= 0.6 is 11.6 Å². The number of alkyl halides is 3. The van der Waals surface area contributed by atoms with Crippen LogP contribution in [0.3, 0.4) is 0 Å². The smallest absolute Gasteiger partial charge is 0.391 e. The van der Waals surface area contributed by atoms with Crippen LogP contribution in [0.5, 0.6) is 5.75 Å². The molecule has 3 nitrogen and oxygen atoms in total. The molecule has 0 atom stereocenters. The highest BCUT2D eigenvalue weighted by Gasteiger charge is 2.41. The molecule has 0 unspecified atom stereocenters. The van der Waals surface area contributed by atoms with Gasteiger partial charge in [0.05, 0.1) is 18.2 Å². The summed E-state index contributed by atoms with van der Waals surface area (Å²) < 4.78 is 43.9. The Morgan fingerprint density at radius 1 is 1.14 bits per heavy atom. The molecule has 2 aromatic rings. The van der Waals surface area contributed by atoms with Crippen LogP contribution in [-0.4, -0.2) is 22.2 Å². The second kappa shape index (κ2) is 5.91. The Morgan fingerprint density at radius 3 is 2.55 bits per heavy atom. The summed E-state index contributed by atoms with van der Waals surface area (Å²) in [6.45, 7) is 0. The van der Waals surface area contributed by atoms with Crippen molar-refractivity contribution in [2.24, 2.45) is 5.92 Å². The lowest BCUT2D eigenvalue weighted by molar-refractivity contribution is -0.185. The molecule has 1 fully saturated rings. The number of hydrogen-bond donors (Lipinski definition) is 0. The number of fused-ring (bicyclic) bond motifs is 1. The molecule has 0 aliphatic heterocycles.